The SMILES string of the molecule is Cn1ccc(CC(=O)c2cccc(F)c2Br)n1. The minimum absolute atomic E-state index is 0.157. The van der Waals surface area contributed by atoms with Crippen LogP contribution in [0.3, 0.4) is 0 Å². The lowest BCUT2D eigenvalue weighted by Gasteiger charge is -2.03. The molecule has 0 atom stereocenters. The molecule has 2 aromatic rings. The second-order valence-corrected chi connectivity index (χ2v) is 4.48. The van der Waals surface area contributed by atoms with Crippen molar-refractivity contribution in [1.82, 2.24) is 9.78 Å². The lowest BCUT2D eigenvalue weighted by atomic mass is 10.1. The number of carbonyl (C=O) groups excluding carboxylic acids is 1. The first kappa shape index (κ1) is 12.0. The average Bonchev–Trinajstić information content (AvgIpc) is 2.68. The predicted octanol–water partition coefficient (Wildman–Crippen LogP) is 2.75. The van der Waals surface area contributed by atoms with Gasteiger partial charge in [0.05, 0.1) is 16.6 Å². The smallest absolute Gasteiger partial charge is 0.170 e. The second-order valence-electron chi connectivity index (χ2n) is 3.68. The summed E-state index contributed by atoms with van der Waals surface area (Å²) in [6.45, 7) is 0. The summed E-state index contributed by atoms with van der Waals surface area (Å²) in [4.78, 5) is 12.0. The van der Waals surface area contributed by atoms with Crippen LogP contribution >= 0.6 is 15.9 Å². The Hall–Kier alpha value is -1.49. The first-order valence-corrected chi connectivity index (χ1v) is 5.83. The molecule has 2 rings (SSSR count). The van der Waals surface area contributed by atoms with Gasteiger partial charge in [0.15, 0.2) is 5.78 Å². The molecule has 0 amide bonds. The highest BCUT2D eigenvalue weighted by atomic mass is 79.9. The van der Waals surface area contributed by atoms with Crippen molar-refractivity contribution < 1.29 is 9.18 Å². The lowest BCUT2D eigenvalue weighted by molar-refractivity contribution is 0.0990. The largest absolute Gasteiger partial charge is 0.294 e. The van der Waals surface area contributed by atoms with Gasteiger partial charge in [0.1, 0.15) is 5.82 Å². The van der Waals surface area contributed by atoms with E-state index in [4.69, 9.17) is 0 Å². The number of rotatable bonds is 3. The zero-order valence-electron chi connectivity index (χ0n) is 9.15. The normalized spacial score (nSPS) is 10.5. The maximum absolute atomic E-state index is 13.3. The number of carbonyl (C=O) groups is 1. The number of nitrogens with zero attached hydrogens (tertiary/aromatic N) is 2. The zero-order valence-corrected chi connectivity index (χ0v) is 10.7. The monoisotopic (exact) mass is 296 g/mol. The van der Waals surface area contributed by atoms with E-state index >= 15 is 0 Å². The van der Waals surface area contributed by atoms with Crippen LogP contribution in [0.2, 0.25) is 0 Å². The molecule has 5 heteroatoms. The van der Waals surface area contributed by atoms with Gasteiger partial charge in [0.25, 0.3) is 0 Å². The van der Waals surface area contributed by atoms with Gasteiger partial charge >= 0.3 is 0 Å². The molecule has 0 unspecified atom stereocenters. The molecule has 0 saturated carbocycles. The summed E-state index contributed by atoms with van der Waals surface area (Å²) in [6.07, 6.45) is 1.94. The van der Waals surface area contributed by atoms with Crippen LogP contribution in [-0.2, 0) is 13.5 Å². The van der Waals surface area contributed by atoms with Crippen molar-refractivity contribution in [2.75, 3.05) is 0 Å². The van der Waals surface area contributed by atoms with Crippen molar-refractivity contribution in [2.24, 2.45) is 7.05 Å². The van der Waals surface area contributed by atoms with Crippen LogP contribution < -0.4 is 0 Å². The van der Waals surface area contributed by atoms with Gasteiger partial charge in [0, 0.05) is 18.8 Å². The molecular weight excluding hydrogens is 287 g/mol. The topological polar surface area (TPSA) is 34.9 Å². The van der Waals surface area contributed by atoms with Crippen molar-refractivity contribution in [2.45, 2.75) is 6.42 Å². The van der Waals surface area contributed by atoms with E-state index < -0.39 is 5.82 Å². The van der Waals surface area contributed by atoms with Crippen LogP contribution in [0, 0.1) is 5.82 Å². The molecule has 0 bridgehead atoms. The summed E-state index contributed by atoms with van der Waals surface area (Å²) in [5.41, 5.74) is 1.02. The Morgan fingerprint density at radius 3 is 2.88 bits per heavy atom. The fourth-order valence-electron chi connectivity index (χ4n) is 1.54. The number of hydrogen-bond acceptors (Lipinski definition) is 2. The maximum atomic E-state index is 13.3. The summed E-state index contributed by atoms with van der Waals surface area (Å²) in [6, 6.07) is 6.19. The molecule has 0 radical (unpaired) electrons. The quantitative estimate of drug-likeness (QED) is 0.817. The van der Waals surface area contributed by atoms with Crippen LogP contribution in [0.25, 0.3) is 0 Å². The molecule has 1 aromatic heterocycles. The molecule has 0 N–H and O–H groups in total. The number of hydrogen-bond donors (Lipinski definition) is 0. The third kappa shape index (κ3) is 2.61. The van der Waals surface area contributed by atoms with Gasteiger partial charge < -0.3 is 0 Å². The number of aryl methyl sites for hydroxylation is 1. The molecule has 3 nitrogen and oxygen atoms in total. The van der Waals surface area contributed by atoms with Crippen LogP contribution in [0.5, 0.6) is 0 Å². The summed E-state index contributed by atoms with van der Waals surface area (Å²) in [5, 5.41) is 4.12. The van der Waals surface area contributed by atoms with Gasteiger partial charge in [-0.15, -0.1) is 0 Å². The molecule has 1 heterocycles. The summed E-state index contributed by atoms with van der Waals surface area (Å²) in [7, 11) is 1.78. The highest BCUT2D eigenvalue weighted by molar-refractivity contribution is 9.10. The van der Waals surface area contributed by atoms with Gasteiger partial charge in [-0.3, -0.25) is 9.48 Å². The van der Waals surface area contributed by atoms with Gasteiger partial charge in [0.2, 0.25) is 0 Å². The number of halogens is 2. The predicted molar refractivity (Wildman–Crippen MR) is 65.3 cm³/mol. The molecule has 0 aliphatic heterocycles. The Kier molecular flexibility index (Phi) is 3.38. The van der Waals surface area contributed by atoms with E-state index in [0.29, 0.717) is 11.3 Å². The molecule has 88 valence electrons. The van der Waals surface area contributed by atoms with Crippen LogP contribution in [0.1, 0.15) is 16.1 Å². The number of aromatic nitrogens is 2. The van der Waals surface area contributed by atoms with Gasteiger partial charge in [-0.1, -0.05) is 12.1 Å². The second kappa shape index (κ2) is 4.79. The van der Waals surface area contributed by atoms with Crippen molar-refractivity contribution >= 4 is 21.7 Å². The first-order valence-electron chi connectivity index (χ1n) is 5.03. The van der Waals surface area contributed by atoms with Crippen molar-refractivity contribution in [3.05, 3.63) is 52.0 Å². The van der Waals surface area contributed by atoms with Crippen LogP contribution in [0.15, 0.2) is 34.9 Å². The Balaban J connectivity index is 2.23. The van der Waals surface area contributed by atoms with E-state index in [0.717, 1.165) is 0 Å². The third-order valence-corrected chi connectivity index (χ3v) is 3.17. The number of ketones is 1. The minimum atomic E-state index is -0.433. The van der Waals surface area contributed by atoms with E-state index in [-0.39, 0.29) is 16.7 Å². The van der Waals surface area contributed by atoms with E-state index in [1.165, 1.54) is 12.1 Å². The fraction of sp³-hybridized carbons (Fsp3) is 0.167. The minimum Gasteiger partial charge on any atom is -0.294 e. The van der Waals surface area contributed by atoms with E-state index in [1.807, 2.05) is 0 Å². The van der Waals surface area contributed by atoms with E-state index in [9.17, 15) is 9.18 Å². The number of benzene rings is 1. The van der Waals surface area contributed by atoms with Gasteiger partial charge in [-0.2, -0.15) is 5.10 Å². The Morgan fingerprint density at radius 1 is 1.47 bits per heavy atom. The van der Waals surface area contributed by atoms with Crippen LogP contribution in [-0.4, -0.2) is 15.6 Å². The van der Waals surface area contributed by atoms with Gasteiger partial charge in [-0.05, 0) is 28.1 Å². The van der Waals surface area contributed by atoms with Crippen molar-refractivity contribution in [1.29, 1.82) is 0 Å². The standard InChI is InChI=1S/C12H10BrFN2O/c1-16-6-5-8(15-16)7-11(17)9-3-2-4-10(14)12(9)13/h2-6H,7H2,1H3. The Morgan fingerprint density at radius 2 is 2.24 bits per heavy atom. The molecule has 0 spiro atoms. The summed E-state index contributed by atoms with van der Waals surface area (Å²) in [5.74, 6) is -0.591. The highest BCUT2D eigenvalue weighted by Gasteiger charge is 2.14. The zero-order chi connectivity index (χ0) is 12.4. The van der Waals surface area contributed by atoms with Crippen LogP contribution in [0.4, 0.5) is 4.39 Å². The fourth-order valence-corrected chi connectivity index (χ4v) is 2.02. The maximum Gasteiger partial charge on any atom is 0.170 e. The molecule has 17 heavy (non-hydrogen) atoms. The van der Waals surface area contributed by atoms with Crippen molar-refractivity contribution in [3.8, 4) is 0 Å². The Labute approximate surface area is 106 Å². The third-order valence-electron chi connectivity index (χ3n) is 2.36. The summed E-state index contributed by atoms with van der Waals surface area (Å²) < 4.78 is 15.1. The molecule has 1 aromatic carbocycles. The van der Waals surface area contributed by atoms with E-state index in [2.05, 4.69) is 21.0 Å². The molecular formula is C12H10BrFN2O. The average molecular weight is 297 g/mol. The molecule has 0 fully saturated rings. The van der Waals surface area contributed by atoms with Crippen molar-refractivity contribution in [3.63, 3.8) is 0 Å². The number of Topliss-reactive ketones (excluding diaryl/α,β-unsaturated/α-hetero) is 1. The molecule has 0 saturated heterocycles. The lowest BCUT2D eigenvalue weighted by Crippen LogP contribution is -2.06. The van der Waals surface area contributed by atoms with Gasteiger partial charge in [-0.25, -0.2) is 4.39 Å². The Bertz CT molecular complexity index is 565. The molecule has 0 aliphatic carbocycles. The molecule has 0 aliphatic rings. The first-order chi connectivity index (χ1) is 8.08. The highest BCUT2D eigenvalue weighted by Crippen LogP contribution is 2.21. The summed E-state index contributed by atoms with van der Waals surface area (Å²) >= 11 is 3.08. The van der Waals surface area contributed by atoms with E-state index in [1.54, 1.807) is 30.1 Å².